The topological polar surface area (TPSA) is 117 Å². The number of nitrogens with zero attached hydrogens (tertiary/aromatic N) is 2. The molecule has 3 heterocycles. The van der Waals surface area contributed by atoms with Crippen LogP contribution in [-0.4, -0.2) is 47.3 Å². The molecule has 1 aromatic carbocycles. The lowest BCUT2D eigenvalue weighted by atomic mass is 10.1. The van der Waals surface area contributed by atoms with Crippen LogP contribution in [0.5, 0.6) is 11.5 Å². The van der Waals surface area contributed by atoms with Gasteiger partial charge in [-0.15, -0.1) is 0 Å². The lowest BCUT2D eigenvalue weighted by molar-refractivity contribution is -0.162. The number of carbonyl (C=O) groups is 1. The Balaban J connectivity index is 1.84. The van der Waals surface area contributed by atoms with E-state index in [2.05, 4.69) is 4.98 Å². The van der Waals surface area contributed by atoms with E-state index in [1.54, 1.807) is 0 Å². The molecule has 2 aromatic heterocycles. The fourth-order valence-corrected chi connectivity index (χ4v) is 4.77. The molecule has 31 heavy (non-hydrogen) atoms. The third-order valence-corrected chi connectivity index (χ3v) is 6.77. The van der Waals surface area contributed by atoms with Crippen LogP contribution in [0.4, 0.5) is 0 Å². The third-order valence-electron chi connectivity index (χ3n) is 4.80. The van der Waals surface area contributed by atoms with Crippen LogP contribution in [0.1, 0.15) is 19.5 Å². The van der Waals surface area contributed by atoms with E-state index in [4.69, 9.17) is 25.8 Å². The lowest BCUT2D eigenvalue weighted by Gasteiger charge is -2.21. The number of hydrogen-bond donors (Lipinski definition) is 1. The Morgan fingerprint density at radius 3 is 2.61 bits per heavy atom. The number of aliphatic carboxylic acids is 1. The smallest absolute Gasteiger partial charge is 0.335 e. The van der Waals surface area contributed by atoms with Gasteiger partial charge in [-0.2, -0.15) is 0 Å². The standard InChI is InChI=1S/C20H19ClN2O7S/c1-20(2,19(24)25)30-11-12-9-14-15(4-6-18(21)22-14)23(12)31(26,27)13-3-5-16-17(10-13)29-8-7-28-16/h3-6,9-10H,7-8,11H2,1-2H3,(H,24,25). The first-order chi connectivity index (χ1) is 14.6. The van der Waals surface area contributed by atoms with E-state index in [-0.39, 0.29) is 27.9 Å². The Morgan fingerprint density at radius 1 is 1.19 bits per heavy atom. The van der Waals surface area contributed by atoms with Crippen molar-refractivity contribution in [1.29, 1.82) is 0 Å². The average Bonchev–Trinajstić information content (AvgIpc) is 3.10. The van der Waals surface area contributed by atoms with Gasteiger partial charge < -0.3 is 19.3 Å². The summed E-state index contributed by atoms with van der Waals surface area (Å²) in [7, 11) is -4.12. The van der Waals surface area contributed by atoms with Gasteiger partial charge in [0.05, 0.1) is 28.2 Å². The van der Waals surface area contributed by atoms with Gasteiger partial charge in [0.1, 0.15) is 18.4 Å². The summed E-state index contributed by atoms with van der Waals surface area (Å²) in [6.45, 7) is 3.18. The van der Waals surface area contributed by atoms with Crippen LogP contribution in [-0.2, 0) is 26.2 Å². The number of fused-ring (bicyclic) bond motifs is 2. The quantitative estimate of drug-likeness (QED) is 0.551. The molecule has 0 bridgehead atoms. The van der Waals surface area contributed by atoms with E-state index in [1.807, 2.05) is 0 Å². The van der Waals surface area contributed by atoms with Crippen molar-refractivity contribution in [2.24, 2.45) is 0 Å². The molecule has 164 valence electrons. The maximum absolute atomic E-state index is 13.6. The van der Waals surface area contributed by atoms with Gasteiger partial charge in [-0.25, -0.2) is 22.2 Å². The molecule has 0 saturated heterocycles. The zero-order valence-corrected chi connectivity index (χ0v) is 18.2. The van der Waals surface area contributed by atoms with Gasteiger partial charge in [-0.1, -0.05) is 11.6 Å². The molecule has 0 unspecified atom stereocenters. The molecule has 0 atom stereocenters. The van der Waals surface area contributed by atoms with Crippen molar-refractivity contribution in [3.05, 3.63) is 47.2 Å². The Kier molecular flexibility index (Phi) is 5.32. The molecule has 1 N–H and O–H groups in total. The largest absolute Gasteiger partial charge is 0.486 e. The Morgan fingerprint density at radius 2 is 1.90 bits per heavy atom. The van der Waals surface area contributed by atoms with Crippen LogP contribution in [0.3, 0.4) is 0 Å². The fraction of sp³-hybridized carbons (Fsp3) is 0.300. The minimum absolute atomic E-state index is 0.0251. The number of halogens is 1. The minimum atomic E-state index is -4.12. The van der Waals surface area contributed by atoms with E-state index >= 15 is 0 Å². The van der Waals surface area contributed by atoms with Crippen LogP contribution in [0.2, 0.25) is 5.15 Å². The number of aromatic nitrogens is 2. The monoisotopic (exact) mass is 466 g/mol. The zero-order chi connectivity index (χ0) is 22.4. The SMILES string of the molecule is CC(C)(OCc1cc2nc(Cl)ccc2n1S(=O)(=O)c1ccc2c(c1)OCCO2)C(=O)O. The van der Waals surface area contributed by atoms with E-state index in [1.165, 1.54) is 50.2 Å². The number of carboxylic acids is 1. The number of benzene rings is 1. The number of pyridine rings is 1. The number of rotatable bonds is 6. The summed E-state index contributed by atoms with van der Waals surface area (Å²) in [6.07, 6.45) is 0. The van der Waals surface area contributed by atoms with E-state index < -0.39 is 21.6 Å². The van der Waals surface area contributed by atoms with E-state index in [0.29, 0.717) is 30.2 Å². The highest BCUT2D eigenvalue weighted by Gasteiger charge is 2.31. The third kappa shape index (κ3) is 3.93. The second kappa shape index (κ2) is 7.70. The summed E-state index contributed by atoms with van der Waals surface area (Å²) < 4.78 is 44.7. The summed E-state index contributed by atoms with van der Waals surface area (Å²) in [5.74, 6) is -0.386. The summed E-state index contributed by atoms with van der Waals surface area (Å²) in [5, 5.41) is 9.50. The number of hydrogen-bond acceptors (Lipinski definition) is 7. The van der Waals surface area contributed by atoms with Crippen LogP contribution < -0.4 is 9.47 Å². The first-order valence-corrected chi connectivity index (χ1v) is 11.1. The second-order valence-electron chi connectivity index (χ2n) is 7.35. The van der Waals surface area contributed by atoms with Crippen LogP contribution in [0.25, 0.3) is 11.0 Å². The summed E-state index contributed by atoms with van der Waals surface area (Å²) in [5.41, 5.74) is -0.701. The summed E-state index contributed by atoms with van der Waals surface area (Å²) >= 11 is 5.97. The molecule has 1 aliphatic heterocycles. The predicted octanol–water partition coefficient (Wildman–Crippen LogP) is 3.08. The van der Waals surface area contributed by atoms with Crippen molar-refractivity contribution >= 4 is 38.6 Å². The van der Waals surface area contributed by atoms with Crippen molar-refractivity contribution in [1.82, 2.24) is 8.96 Å². The molecule has 0 radical (unpaired) electrons. The van der Waals surface area contributed by atoms with Crippen molar-refractivity contribution in [2.75, 3.05) is 13.2 Å². The highest BCUT2D eigenvalue weighted by atomic mass is 35.5. The Bertz CT molecular complexity index is 1280. The summed E-state index contributed by atoms with van der Waals surface area (Å²) in [6, 6.07) is 8.87. The molecule has 9 nitrogen and oxygen atoms in total. The number of carboxylic acid groups (broad SMARTS) is 1. The molecule has 0 aliphatic carbocycles. The van der Waals surface area contributed by atoms with Crippen LogP contribution >= 0.6 is 11.6 Å². The molecule has 0 amide bonds. The van der Waals surface area contributed by atoms with Gasteiger partial charge in [-0.05, 0) is 44.2 Å². The van der Waals surface area contributed by atoms with Gasteiger partial charge in [0.15, 0.2) is 17.1 Å². The van der Waals surface area contributed by atoms with Gasteiger partial charge in [-0.3, -0.25) is 0 Å². The molecule has 4 rings (SSSR count). The Hall–Kier alpha value is -2.82. The second-order valence-corrected chi connectivity index (χ2v) is 9.53. The first-order valence-electron chi connectivity index (χ1n) is 9.29. The maximum Gasteiger partial charge on any atom is 0.335 e. The van der Waals surface area contributed by atoms with Crippen molar-refractivity contribution in [3.8, 4) is 11.5 Å². The normalized spacial score (nSPS) is 14.0. The van der Waals surface area contributed by atoms with E-state index in [9.17, 15) is 18.3 Å². The molecule has 1 aliphatic rings. The highest BCUT2D eigenvalue weighted by Crippen LogP contribution is 2.34. The fourth-order valence-electron chi connectivity index (χ4n) is 3.08. The molecular weight excluding hydrogens is 448 g/mol. The van der Waals surface area contributed by atoms with Crippen molar-refractivity contribution < 1.29 is 32.5 Å². The van der Waals surface area contributed by atoms with Gasteiger partial charge >= 0.3 is 5.97 Å². The summed E-state index contributed by atoms with van der Waals surface area (Å²) in [4.78, 5) is 15.5. The molecule has 11 heteroatoms. The van der Waals surface area contributed by atoms with Crippen molar-refractivity contribution in [3.63, 3.8) is 0 Å². The molecular formula is C20H19ClN2O7S. The minimum Gasteiger partial charge on any atom is -0.486 e. The maximum atomic E-state index is 13.6. The van der Waals surface area contributed by atoms with Crippen molar-refractivity contribution in [2.45, 2.75) is 31.0 Å². The highest BCUT2D eigenvalue weighted by molar-refractivity contribution is 7.90. The predicted molar refractivity (Wildman–Crippen MR) is 111 cm³/mol. The molecule has 0 fully saturated rings. The van der Waals surface area contributed by atoms with E-state index in [0.717, 1.165) is 3.97 Å². The van der Waals surface area contributed by atoms with Crippen LogP contribution in [0, 0.1) is 0 Å². The Labute approximate surface area is 183 Å². The molecule has 3 aromatic rings. The van der Waals surface area contributed by atoms with Gasteiger partial charge in [0.2, 0.25) is 0 Å². The number of ether oxygens (including phenoxy) is 3. The average molecular weight is 467 g/mol. The zero-order valence-electron chi connectivity index (χ0n) is 16.7. The first kappa shape index (κ1) is 21.4. The van der Waals surface area contributed by atoms with Gasteiger partial charge in [0.25, 0.3) is 10.0 Å². The molecule has 0 saturated carbocycles. The van der Waals surface area contributed by atoms with Gasteiger partial charge in [0, 0.05) is 6.07 Å². The molecule has 0 spiro atoms. The lowest BCUT2D eigenvalue weighted by Crippen LogP contribution is -2.34. The van der Waals surface area contributed by atoms with Crippen LogP contribution in [0.15, 0.2) is 41.3 Å².